The molecular weight excluding hydrogens is 222 g/mol. The highest BCUT2D eigenvalue weighted by Crippen LogP contribution is 2.13. The number of furan rings is 1. The fourth-order valence-corrected chi connectivity index (χ4v) is 1.71. The predicted molar refractivity (Wildman–Crippen MR) is 61.9 cm³/mol. The SMILES string of the molecule is CCN(C(=O)c1ccc(C)o1)C(C)CC(=O)O. The molecule has 0 saturated carbocycles. The minimum absolute atomic E-state index is 0.0702. The first kappa shape index (κ1) is 13.3. The Kier molecular flexibility index (Phi) is 4.31. The molecule has 0 radical (unpaired) electrons. The van der Waals surface area contributed by atoms with Crippen LogP contribution < -0.4 is 0 Å². The summed E-state index contributed by atoms with van der Waals surface area (Å²) in [6, 6.07) is 2.96. The highest BCUT2D eigenvalue weighted by atomic mass is 16.4. The Balaban J connectivity index is 2.80. The van der Waals surface area contributed by atoms with Crippen molar-refractivity contribution in [2.24, 2.45) is 0 Å². The number of nitrogens with zero attached hydrogens (tertiary/aromatic N) is 1. The molecule has 5 nitrogen and oxygen atoms in total. The molecule has 5 heteroatoms. The molecule has 0 saturated heterocycles. The predicted octanol–water partition coefficient (Wildman–Crippen LogP) is 1.91. The Bertz CT molecular complexity index is 410. The van der Waals surface area contributed by atoms with Crippen LogP contribution in [-0.2, 0) is 4.79 Å². The lowest BCUT2D eigenvalue weighted by Crippen LogP contribution is -2.39. The van der Waals surface area contributed by atoms with Crippen molar-refractivity contribution in [2.75, 3.05) is 6.54 Å². The second-order valence-electron chi connectivity index (χ2n) is 3.95. The summed E-state index contributed by atoms with van der Waals surface area (Å²) in [5.74, 6) is -0.273. The summed E-state index contributed by atoms with van der Waals surface area (Å²) in [7, 11) is 0. The van der Waals surface area contributed by atoms with Gasteiger partial charge in [-0.2, -0.15) is 0 Å². The van der Waals surface area contributed by atoms with Crippen LogP contribution in [0.15, 0.2) is 16.5 Å². The number of aryl methyl sites for hydroxylation is 1. The fraction of sp³-hybridized carbons (Fsp3) is 0.500. The second kappa shape index (κ2) is 5.52. The molecule has 0 aliphatic heterocycles. The lowest BCUT2D eigenvalue weighted by Gasteiger charge is -2.25. The summed E-state index contributed by atoms with van der Waals surface area (Å²) in [6.07, 6.45) is -0.0702. The number of carbonyl (C=O) groups is 2. The molecule has 1 atom stereocenters. The van der Waals surface area contributed by atoms with E-state index in [9.17, 15) is 9.59 Å². The van der Waals surface area contributed by atoms with E-state index in [2.05, 4.69) is 0 Å². The molecule has 0 aromatic carbocycles. The standard InChI is InChI=1S/C12H17NO4/c1-4-13(8(2)7-11(14)15)12(16)10-6-5-9(3)17-10/h5-6,8H,4,7H2,1-3H3,(H,14,15). The maximum atomic E-state index is 12.1. The van der Waals surface area contributed by atoms with Gasteiger partial charge in [-0.15, -0.1) is 0 Å². The Morgan fingerprint density at radius 1 is 1.47 bits per heavy atom. The third-order valence-electron chi connectivity index (χ3n) is 2.55. The Morgan fingerprint density at radius 3 is 2.53 bits per heavy atom. The molecule has 94 valence electrons. The van der Waals surface area contributed by atoms with Crippen molar-refractivity contribution in [3.8, 4) is 0 Å². The van der Waals surface area contributed by atoms with Crippen molar-refractivity contribution in [1.82, 2.24) is 4.90 Å². The van der Waals surface area contributed by atoms with E-state index < -0.39 is 5.97 Å². The minimum Gasteiger partial charge on any atom is -0.481 e. The Labute approximate surface area is 100 Å². The van der Waals surface area contributed by atoms with E-state index in [1.54, 1.807) is 26.0 Å². The van der Waals surface area contributed by atoms with Gasteiger partial charge in [-0.05, 0) is 32.9 Å². The highest BCUT2D eigenvalue weighted by Gasteiger charge is 2.23. The first-order chi connectivity index (χ1) is 7.95. The largest absolute Gasteiger partial charge is 0.481 e. The van der Waals surface area contributed by atoms with Crippen molar-refractivity contribution in [2.45, 2.75) is 33.2 Å². The van der Waals surface area contributed by atoms with Gasteiger partial charge < -0.3 is 14.4 Å². The molecule has 0 bridgehead atoms. The molecule has 0 spiro atoms. The average Bonchev–Trinajstić information content (AvgIpc) is 2.64. The van der Waals surface area contributed by atoms with E-state index in [1.165, 1.54) is 4.90 Å². The maximum absolute atomic E-state index is 12.1. The summed E-state index contributed by atoms with van der Waals surface area (Å²) in [4.78, 5) is 24.2. The van der Waals surface area contributed by atoms with Gasteiger partial charge in [0.1, 0.15) is 5.76 Å². The molecule has 1 aromatic rings. The van der Waals surface area contributed by atoms with Crippen LogP contribution in [0.4, 0.5) is 0 Å². The zero-order chi connectivity index (χ0) is 13.0. The van der Waals surface area contributed by atoms with Crippen molar-refractivity contribution in [3.05, 3.63) is 23.7 Å². The quantitative estimate of drug-likeness (QED) is 0.852. The van der Waals surface area contributed by atoms with Gasteiger partial charge in [0.25, 0.3) is 5.91 Å². The fourth-order valence-electron chi connectivity index (χ4n) is 1.71. The lowest BCUT2D eigenvalue weighted by atomic mass is 10.2. The van der Waals surface area contributed by atoms with Gasteiger partial charge in [-0.3, -0.25) is 9.59 Å². The zero-order valence-corrected chi connectivity index (χ0v) is 10.3. The van der Waals surface area contributed by atoms with Gasteiger partial charge in [0.05, 0.1) is 6.42 Å². The van der Waals surface area contributed by atoms with Crippen LogP contribution in [0.25, 0.3) is 0 Å². The Hall–Kier alpha value is -1.78. The van der Waals surface area contributed by atoms with E-state index >= 15 is 0 Å². The van der Waals surface area contributed by atoms with E-state index in [1.807, 2.05) is 6.92 Å². The number of carbonyl (C=O) groups excluding carboxylic acids is 1. The van der Waals surface area contributed by atoms with Crippen molar-refractivity contribution < 1.29 is 19.1 Å². The molecule has 0 fully saturated rings. The summed E-state index contributed by atoms with van der Waals surface area (Å²) >= 11 is 0. The van der Waals surface area contributed by atoms with Crippen molar-refractivity contribution >= 4 is 11.9 Å². The van der Waals surface area contributed by atoms with Crippen LogP contribution in [-0.4, -0.2) is 34.5 Å². The number of hydrogen-bond acceptors (Lipinski definition) is 3. The maximum Gasteiger partial charge on any atom is 0.305 e. The molecule has 1 rings (SSSR count). The minimum atomic E-state index is -0.917. The van der Waals surface area contributed by atoms with E-state index in [-0.39, 0.29) is 24.1 Å². The van der Waals surface area contributed by atoms with Crippen LogP contribution >= 0.6 is 0 Å². The van der Waals surface area contributed by atoms with Gasteiger partial charge in [-0.1, -0.05) is 0 Å². The topological polar surface area (TPSA) is 70.8 Å². The van der Waals surface area contributed by atoms with Crippen LogP contribution in [0.3, 0.4) is 0 Å². The molecule has 1 N–H and O–H groups in total. The monoisotopic (exact) mass is 239 g/mol. The third-order valence-corrected chi connectivity index (χ3v) is 2.55. The first-order valence-electron chi connectivity index (χ1n) is 5.55. The van der Waals surface area contributed by atoms with Crippen LogP contribution in [0.1, 0.15) is 36.6 Å². The molecule has 1 heterocycles. The number of carboxylic acids is 1. The molecule has 1 aromatic heterocycles. The summed E-state index contributed by atoms with van der Waals surface area (Å²) in [6.45, 7) is 5.73. The summed E-state index contributed by atoms with van der Waals surface area (Å²) in [5, 5.41) is 8.72. The van der Waals surface area contributed by atoms with E-state index in [0.29, 0.717) is 12.3 Å². The third kappa shape index (κ3) is 3.34. The first-order valence-corrected chi connectivity index (χ1v) is 5.55. The van der Waals surface area contributed by atoms with Crippen LogP contribution in [0.2, 0.25) is 0 Å². The molecular formula is C12H17NO4. The lowest BCUT2D eigenvalue weighted by molar-refractivity contribution is -0.138. The molecule has 1 unspecified atom stereocenters. The molecule has 0 aliphatic carbocycles. The van der Waals surface area contributed by atoms with Crippen LogP contribution in [0, 0.1) is 6.92 Å². The van der Waals surface area contributed by atoms with Gasteiger partial charge in [-0.25, -0.2) is 0 Å². The summed E-state index contributed by atoms with van der Waals surface area (Å²) < 4.78 is 5.24. The van der Waals surface area contributed by atoms with Crippen molar-refractivity contribution in [1.29, 1.82) is 0 Å². The van der Waals surface area contributed by atoms with E-state index in [0.717, 1.165) is 0 Å². The van der Waals surface area contributed by atoms with Gasteiger partial charge in [0.15, 0.2) is 5.76 Å². The van der Waals surface area contributed by atoms with Gasteiger partial charge >= 0.3 is 5.97 Å². The van der Waals surface area contributed by atoms with Gasteiger partial charge in [0.2, 0.25) is 0 Å². The number of rotatable bonds is 5. The zero-order valence-electron chi connectivity index (χ0n) is 10.3. The summed E-state index contributed by atoms with van der Waals surface area (Å²) in [5.41, 5.74) is 0. The smallest absolute Gasteiger partial charge is 0.305 e. The number of hydrogen-bond donors (Lipinski definition) is 1. The van der Waals surface area contributed by atoms with Crippen molar-refractivity contribution in [3.63, 3.8) is 0 Å². The second-order valence-corrected chi connectivity index (χ2v) is 3.95. The number of amides is 1. The highest BCUT2D eigenvalue weighted by molar-refractivity contribution is 5.92. The molecule has 1 amide bonds. The average molecular weight is 239 g/mol. The van der Waals surface area contributed by atoms with Gasteiger partial charge in [0, 0.05) is 12.6 Å². The van der Waals surface area contributed by atoms with E-state index in [4.69, 9.17) is 9.52 Å². The number of aliphatic carboxylic acids is 1. The molecule has 17 heavy (non-hydrogen) atoms. The van der Waals surface area contributed by atoms with Crippen LogP contribution in [0.5, 0.6) is 0 Å². The normalized spacial score (nSPS) is 12.2. The molecule has 0 aliphatic rings. The number of carboxylic acid groups (broad SMARTS) is 1. The Morgan fingerprint density at radius 2 is 2.12 bits per heavy atom.